The summed E-state index contributed by atoms with van der Waals surface area (Å²) >= 11 is 5.03. The monoisotopic (exact) mass is 400 g/mol. The molecule has 0 saturated heterocycles. The van der Waals surface area contributed by atoms with Crippen molar-refractivity contribution < 1.29 is 0 Å². The van der Waals surface area contributed by atoms with Crippen LogP contribution in [0.25, 0.3) is 0 Å². The SMILES string of the molecule is C[Si](C)(C)I.C[Si](C)(C)I. The normalized spacial score (nSPS) is 12.0. The Bertz CT molecular complexity index is 56.7. The minimum Gasteiger partial charge on any atom is -0.120 e. The van der Waals surface area contributed by atoms with Crippen LogP contribution in [0, 0.1) is 0 Å². The van der Waals surface area contributed by atoms with Crippen LogP contribution < -0.4 is 0 Å². The molecule has 0 aliphatic carbocycles. The summed E-state index contributed by atoms with van der Waals surface area (Å²) in [5.41, 5.74) is -1.28. The lowest BCUT2D eigenvalue weighted by Crippen LogP contribution is -2.05. The van der Waals surface area contributed by atoms with Crippen molar-refractivity contribution in [3.63, 3.8) is 0 Å². The zero-order valence-corrected chi connectivity index (χ0v) is 14.1. The Balaban J connectivity index is 0. The second kappa shape index (κ2) is 5.52. The van der Waals surface area contributed by atoms with Gasteiger partial charge in [-0.3, -0.25) is 0 Å². The van der Waals surface area contributed by atoms with Crippen LogP contribution in [0.2, 0.25) is 39.3 Å². The van der Waals surface area contributed by atoms with Gasteiger partial charge in [-0.25, -0.2) is 0 Å². The third-order valence-electron chi connectivity index (χ3n) is 0. The van der Waals surface area contributed by atoms with Gasteiger partial charge in [0.25, 0.3) is 0 Å². The van der Waals surface area contributed by atoms with Crippen molar-refractivity contribution in [2.24, 2.45) is 0 Å². The summed E-state index contributed by atoms with van der Waals surface area (Å²) in [6.45, 7) is 13.9. The summed E-state index contributed by atoms with van der Waals surface area (Å²) in [5.74, 6) is 0. The second-order valence-corrected chi connectivity index (χ2v) is 31.8. The lowest BCUT2D eigenvalue weighted by molar-refractivity contribution is 1.90. The average Bonchev–Trinajstić information content (AvgIpc) is 1.12. The molecule has 0 rings (SSSR count). The highest BCUT2D eigenvalue weighted by Crippen LogP contribution is 2.08. The molecule has 0 fully saturated rings. The fourth-order valence-electron chi connectivity index (χ4n) is 0. The molecule has 64 valence electrons. The largest absolute Gasteiger partial charge is 0.120 e. The van der Waals surface area contributed by atoms with E-state index < -0.39 is 11.1 Å². The zero-order chi connectivity index (χ0) is 9.00. The van der Waals surface area contributed by atoms with Crippen LogP contribution in [0.5, 0.6) is 0 Å². The molecule has 0 saturated carbocycles. The highest BCUT2D eigenvalue weighted by atomic mass is 127. The quantitative estimate of drug-likeness (QED) is 0.319. The second-order valence-electron chi connectivity index (χ2n) is 4.13. The van der Waals surface area contributed by atoms with E-state index in [0.29, 0.717) is 0 Å². The molecule has 0 nitrogen and oxygen atoms in total. The highest BCUT2D eigenvalue weighted by Gasteiger charge is 2.03. The average molecular weight is 400 g/mol. The van der Waals surface area contributed by atoms with Crippen molar-refractivity contribution in [3.05, 3.63) is 0 Å². The van der Waals surface area contributed by atoms with Crippen LogP contribution in [-0.2, 0) is 0 Å². The maximum absolute atomic E-state index is 2.52. The maximum atomic E-state index is 2.52. The summed E-state index contributed by atoms with van der Waals surface area (Å²) < 4.78 is 0. The lowest BCUT2D eigenvalue weighted by Gasteiger charge is -1.98. The first-order chi connectivity index (χ1) is 4.00. The van der Waals surface area contributed by atoms with Gasteiger partial charge in [0, 0.05) is 0 Å². The molecule has 4 heteroatoms. The van der Waals surface area contributed by atoms with Gasteiger partial charge in [0.2, 0.25) is 0 Å². The van der Waals surface area contributed by atoms with E-state index >= 15 is 0 Å². The predicted molar refractivity (Wildman–Crippen MR) is 74.7 cm³/mol. The summed E-state index contributed by atoms with van der Waals surface area (Å²) in [6.07, 6.45) is 0. The summed E-state index contributed by atoms with van der Waals surface area (Å²) in [5, 5.41) is 0. The van der Waals surface area contributed by atoms with E-state index in [4.69, 9.17) is 0 Å². The smallest absolute Gasteiger partial charge is 0.116 e. The lowest BCUT2D eigenvalue weighted by atomic mass is 11.8. The molecule has 0 aliphatic heterocycles. The molecule has 0 aliphatic rings. The molecule has 0 N–H and O–H groups in total. The van der Waals surface area contributed by atoms with Gasteiger partial charge in [0.1, 0.15) is 11.1 Å². The third kappa shape index (κ3) is 218. The van der Waals surface area contributed by atoms with Gasteiger partial charge in [-0.15, -0.1) is 43.6 Å². The van der Waals surface area contributed by atoms with E-state index in [-0.39, 0.29) is 0 Å². The van der Waals surface area contributed by atoms with Crippen molar-refractivity contribution >= 4 is 54.7 Å². The van der Waals surface area contributed by atoms with Crippen molar-refractivity contribution in [1.82, 2.24) is 0 Å². The summed E-state index contributed by atoms with van der Waals surface area (Å²) in [4.78, 5) is 0. The van der Waals surface area contributed by atoms with E-state index in [1.54, 1.807) is 0 Å². The molecule has 0 unspecified atom stereocenters. The van der Waals surface area contributed by atoms with Gasteiger partial charge < -0.3 is 0 Å². The van der Waals surface area contributed by atoms with Gasteiger partial charge in [-0.05, 0) is 0 Å². The molecule has 10 heavy (non-hydrogen) atoms. The molecule has 0 bridgehead atoms. The van der Waals surface area contributed by atoms with Gasteiger partial charge in [-0.2, -0.15) is 0 Å². The Morgan fingerprint density at radius 2 is 0.600 bits per heavy atom. The first-order valence-electron chi connectivity index (χ1n) is 3.38. The van der Waals surface area contributed by atoms with Gasteiger partial charge in [-0.1, -0.05) is 39.3 Å². The Labute approximate surface area is 93.0 Å². The standard InChI is InChI=1S/2C3H9ISi/c2*1-5(2,3)4/h2*1-3H3. The van der Waals surface area contributed by atoms with Crippen LogP contribution in [0.15, 0.2) is 0 Å². The number of halogens is 2. The van der Waals surface area contributed by atoms with E-state index in [2.05, 4.69) is 82.9 Å². The maximum Gasteiger partial charge on any atom is 0.116 e. The first kappa shape index (κ1) is 14.4. The highest BCUT2D eigenvalue weighted by molar-refractivity contribution is 14.1. The predicted octanol–water partition coefficient (Wildman–Crippen LogP) is 4.51. The Kier molecular flexibility index (Phi) is 7.97. The third-order valence-corrected chi connectivity index (χ3v) is 0. The molecule has 0 amide bonds. The van der Waals surface area contributed by atoms with Crippen LogP contribution >= 0.6 is 43.6 Å². The van der Waals surface area contributed by atoms with Crippen LogP contribution in [-0.4, -0.2) is 11.1 Å². The van der Waals surface area contributed by atoms with Crippen molar-refractivity contribution in [2.45, 2.75) is 39.3 Å². The fraction of sp³-hybridized carbons (Fsp3) is 1.00. The Morgan fingerprint density at radius 3 is 0.600 bits per heavy atom. The van der Waals surface area contributed by atoms with E-state index in [1.165, 1.54) is 0 Å². The molecule has 0 aromatic carbocycles. The zero-order valence-electron chi connectivity index (χ0n) is 7.76. The Morgan fingerprint density at radius 1 is 0.600 bits per heavy atom. The molecule has 0 atom stereocenters. The topological polar surface area (TPSA) is 0 Å². The molecular weight excluding hydrogens is 382 g/mol. The minimum atomic E-state index is -0.641. The first-order valence-corrected chi connectivity index (χ1v) is 16.6. The number of rotatable bonds is 0. The molecule has 0 spiro atoms. The van der Waals surface area contributed by atoms with E-state index in [9.17, 15) is 0 Å². The van der Waals surface area contributed by atoms with Crippen LogP contribution in [0.1, 0.15) is 0 Å². The fourth-order valence-corrected chi connectivity index (χ4v) is 0. The summed E-state index contributed by atoms with van der Waals surface area (Å²) in [6, 6.07) is 0. The molecule has 0 aromatic heterocycles. The van der Waals surface area contributed by atoms with Gasteiger partial charge >= 0.3 is 0 Å². The number of hydrogen-bond donors (Lipinski definition) is 0. The van der Waals surface area contributed by atoms with E-state index in [0.717, 1.165) is 0 Å². The van der Waals surface area contributed by atoms with Crippen LogP contribution in [0.4, 0.5) is 0 Å². The molecule has 0 aromatic rings. The minimum absolute atomic E-state index is 0.641. The van der Waals surface area contributed by atoms with Gasteiger partial charge in [0.05, 0.1) is 0 Å². The Hall–Kier alpha value is 1.89. The summed E-state index contributed by atoms with van der Waals surface area (Å²) in [7, 11) is 0. The molecule has 0 heterocycles. The van der Waals surface area contributed by atoms with E-state index in [1.807, 2.05) is 0 Å². The van der Waals surface area contributed by atoms with Crippen molar-refractivity contribution in [1.29, 1.82) is 0 Å². The van der Waals surface area contributed by atoms with Gasteiger partial charge in [0.15, 0.2) is 0 Å². The number of hydrogen-bond acceptors (Lipinski definition) is 0. The molecule has 0 radical (unpaired) electrons. The van der Waals surface area contributed by atoms with Crippen molar-refractivity contribution in [2.75, 3.05) is 0 Å². The van der Waals surface area contributed by atoms with Crippen molar-refractivity contribution in [3.8, 4) is 0 Å². The molecular formula is C6H18I2Si2. The van der Waals surface area contributed by atoms with Crippen LogP contribution in [0.3, 0.4) is 0 Å².